The van der Waals surface area contributed by atoms with Crippen molar-refractivity contribution in [2.75, 3.05) is 19.0 Å². The van der Waals surface area contributed by atoms with Crippen molar-refractivity contribution in [3.8, 4) is 23.3 Å². The number of hydrogen-bond acceptors (Lipinski definition) is 7. The SMILES string of the molecule is CCOc1cc(/C=C(\C#N)C(=O)Nc2ccc([N+](=O)[O-])cc2OC)cc(I)c1OCc1ccccc1C. The number of ether oxygens (including phenoxy) is 3. The zero-order chi connectivity index (χ0) is 26.9. The summed E-state index contributed by atoms with van der Waals surface area (Å²) < 4.78 is 17.8. The van der Waals surface area contributed by atoms with E-state index in [1.54, 1.807) is 12.1 Å². The molecule has 0 aromatic heterocycles. The molecule has 3 aromatic rings. The van der Waals surface area contributed by atoms with Gasteiger partial charge in [-0.25, -0.2) is 0 Å². The van der Waals surface area contributed by atoms with Gasteiger partial charge in [-0.15, -0.1) is 0 Å². The Bertz CT molecular complexity index is 1400. The van der Waals surface area contributed by atoms with E-state index in [0.717, 1.165) is 14.7 Å². The first-order valence-electron chi connectivity index (χ1n) is 11.2. The first-order chi connectivity index (χ1) is 17.8. The zero-order valence-corrected chi connectivity index (χ0v) is 22.6. The molecule has 0 saturated carbocycles. The van der Waals surface area contributed by atoms with Gasteiger partial charge in [-0.05, 0) is 77.4 Å². The van der Waals surface area contributed by atoms with Crippen LogP contribution in [0.3, 0.4) is 0 Å². The summed E-state index contributed by atoms with van der Waals surface area (Å²) >= 11 is 2.13. The molecule has 0 heterocycles. The van der Waals surface area contributed by atoms with Gasteiger partial charge in [0.2, 0.25) is 0 Å². The Morgan fingerprint density at radius 2 is 1.92 bits per heavy atom. The van der Waals surface area contributed by atoms with Crippen LogP contribution in [0.4, 0.5) is 11.4 Å². The fraction of sp³-hybridized carbons (Fsp3) is 0.185. The van der Waals surface area contributed by atoms with Gasteiger partial charge in [0.25, 0.3) is 11.6 Å². The zero-order valence-electron chi connectivity index (χ0n) is 20.4. The quantitative estimate of drug-likeness (QED) is 0.0973. The highest BCUT2D eigenvalue weighted by Crippen LogP contribution is 2.36. The topological polar surface area (TPSA) is 124 Å². The second kappa shape index (κ2) is 12.7. The minimum Gasteiger partial charge on any atom is -0.494 e. The lowest BCUT2D eigenvalue weighted by Crippen LogP contribution is -2.14. The third-order valence-corrected chi connectivity index (χ3v) is 6.09. The maximum atomic E-state index is 12.8. The van der Waals surface area contributed by atoms with Crippen molar-refractivity contribution in [1.82, 2.24) is 0 Å². The predicted molar refractivity (Wildman–Crippen MR) is 148 cm³/mol. The molecule has 3 aromatic carbocycles. The lowest BCUT2D eigenvalue weighted by atomic mass is 10.1. The van der Waals surface area contributed by atoms with Crippen LogP contribution in [0.15, 0.2) is 60.2 Å². The van der Waals surface area contributed by atoms with Gasteiger partial charge < -0.3 is 19.5 Å². The Morgan fingerprint density at radius 3 is 2.57 bits per heavy atom. The first-order valence-corrected chi connectivity index (χ1v) is 12.2. The third kappa shape index (κ3) is 6.98. The molecule has 1 N–H and O–H groups in total. The van der Waals surface area contributed by atoms with Gasteiger partial charge >= 0.3 is 0 Å². The molecule has 0 fully saturated rings. The van der Waals surface area contributed by atoms with Gasteiger partial charge in [0, 0.05) is 6.07 Å². The summed E-state index contributed by atoms with van der Waals surface area (Å²) in [5.74, 6) is 0.469. The highest BCUT2D eigenvalue weighted by atomic mass is 127. The number of rotatable bonds is 10. The molecule has 0 aliphatic carbocycles. The molecule has 10 heteroatoms. The molecule has 0 saturated heterocycles. The molecule has 0 aliphatic rings. The van der Waals surface area contributed by atoms with E-state index in [9.17, 15) is 20.2 Å². The Hall–Kier alpha value is -4.11. The van der Waals surface area contributed by atoms with Gasteiger partial charge in [-0.2, -0.15) is 5.26 Å². The Morgan fingerprint density at radius 1 is 1.16 bits per heavy atom. The number of nitrogens with zero attached hydrogens (tertiary/aromatic N) is 2. The number of nitro benzene ring substituents is 1. The number of carbonyl (C=O) groups excluding carboxylic acids is 1. The number of methoxy groups -OCH3 is 1. The van der Waals surface area contributed by atoms with Crippen LogP contribution in [0, 0.1) is 31.9 Å². The molecule has 3 rings (SSSR count). The molecule has 0 aliphatic heterocycles. The van der Waals surface area contributed by atoms with Crippen molar-refractivity contribution in [3.63, 3.8) is 0 Å². The molecular formula is C27H24IN3O6. The monoisotopic (exact) mass is 613 g/mol. The number of amides is 1. The second-order valence-electron chi connectivity index (χ2n) is 7.74. The molecule has 9 nitrogen and oxygen atoms in total. The average molecular weight is 613 g/mol. The lowest BCUT2D eigenvalue weighted by Gasteiger charge is -2.16. The van der Waals surface area contributed by atoms with Crippen LogP contribution in [0.25, 0.3) is 6.08 Å². The minimum atomic E-state index is -0.692. The molecule has 0 unspecified atom stereocenters. The molecule has 1 amide bonds. The number of nitriles is 1. The number of non-ortho nitro benzene ring substituents is 1. The minimum absolute atomic E-state index is 0.100. The van der Waals surface area contributed by atoms with Gasteiger partial charge in [0.15, 0.2) is 11.5 Å². The van der Waals surface area contributed by atoms with E-state index >= 15 is 0 Å². The Kier molecular flexibility index (Phi) is 9.45. The van der Waals surface area contributed by atoms with Crippen molar-refractivity contribution >= 4 is 45.9 Å². The van der Waals surface area contributed by atoms with Gasteiger partial charge in [-0.3, -0.25) is 14.9 Å². The summed E-state index contributed by atoms with van der Waals surface area (Å²) in [7, 11) is 1.33. The maximum absolute atomic E-state index is 12.8. The smallest absolute Gasteiger partial charge is 0.273 e. The van der Waals surface area contributed by atoms with E-state index < -0.39 is 10.8 Å². The fourth-order valence-corrected chi connectivity index (χ4v) is 4.18. The highest BCUT2D eigenvalue weighted by Gasteiger charge is 2.17. The van der Waals surface area contributed by atoms with Crippen LogP contribution >= 0.6 is 22.6 Å². The Labute approximate surface area is 227 Å². The molecule has 0 radical (unpaired) electrons. The van der Waals surface area contributed by atoms with Crippen LogP contribution in [-0.4, -0.2) is 24.5 Å². The van der Waals surface area contributed by atoms with Crippen molar-refractivity contribution in [2.24, 2.45) is 0 Å². The number of halogens is 1. The van der Waals surface area contributed by atoms with Crippen LogP contribution < -0.4 is 19.5 Å². The van der Waals surface area contributed by atoms with Crippen LogP contribution in [0.2, 0.25) is 0 Å². The number of anilines is 1. The number of hydrogen-bond donors (Lipinski definition) is 1. The van der Waals surface area contributed by atoms with Crippen LogP contribution in [-0.2, 0) is 11.4 Å². The molecule has 190 valence electrons. The molecular weight excluding hydrogens is 589 g/mol. The summed E-state index contributed by atoms with van der Waals surface area (Å²) in [6.07, 6.45) is 1.43. The predicted octanol–water partition coefficient (Wildman–Crippen LogP) is 6.04. The van der Waals surface area contributed by atoms with E-state index in [0.29, 0.717) is 30.3 Å². The molecule has 0 spiro atoms. The summed E-state index contributed by atoms with van der Waals surface area (Å²) in [6.45, 7) is 4.63. The lowest BCUT2D eigenvalue weighted by molar-refractivity contribution is -0.384. The highest BCUT2D eigenvalue weighted by molar-refractivity contribution is 14.1. The summed E-state index contributed by atoms with van der Waals surface area (Å²) in [5, 5.41) is 23.2. The molecule has 0 bridgehead atoms. The van der Waals surface area contributed by atoms with E-state index in [-0.39, 0.29) is 22.7 Å². The fourth-order valence-electron chi connectivity index (χ4n) is 3.40. The largest absolute Gasteiger partial charge is 0.494 e. The second-order valence-corrected chi connectivity index (χ2v) is 8.91. The average Bonchev–Trinajstić information content (AvgIpc) is 2.87. The van der Waals surface area contributed by atoms with E-state index in [2.05, 4.69) is 27.9 Å². The standard InChI is InChI=1S/C27H24IN3O6/c1-4-36-25-13-18(12-22(28)26(25)37-16-19-8-6-5-7-17(19)2)11-20(15-29)27(32)30-23-10-9-21(31(33)34)14-24(23)35-3/h5-14H,4,16H2,1-3H3,(H,30,32)/b20-11+. The Balaban J connectivity index is 1.87. The third-order valence-electron chi connectivity index (χ3n) is 5.29. The van der Waals surface area contributed by atoms with Gasteiger partial charge in [-0.1, -0.05) is 24.3 Å². The molecule has 37 heavy (non-hydrogen) atoms. The van der Waals surface area contributed by atoms with Gasteiger partial charge in [0.05, 0.1) is 34.0 Å². The van der Waals surface area contributed by atoms with Gasteiger partial charge in [0.1, 0.15) is 24.0 Å². The van der Waals surface area contributed by atoms with Crippen molar-refractivity contribution in [2.45, 2.75) is 20.5 Å². The summed E-state index contributed by atoms with van der Waals surface area (Å²) in [5.41, 5.74) is 2.57. The van der Waals surface area contributed by atoms with Crippen molar-refractivity contribution < 1.29 is 23.9 Å². The normalized spacial score (nSPS) is 10.8. The number of aryl methyl sites for hydroxylation is 1. The summed E-state index contributed by atoms with van der Waals surface area (Å²) in [6, 6.07) is 17.1. The number of nitrogens with one attached hydrogen (secondary N) is 1. The molecule has 0 atom stereocenters. The number of benzene rings is 3. The number of nitro groups is 1. The van der Waals surface area contributed by atoms with Crippen LogP contribution in [0.1, 0.15) is 23.6 Å². The summed E-state index contributed by atoms with van der Waals surface area (Å²) in [4.78, 5) is 23.3. The van der Waals surface area contributed by atoms with Crippen molar-refractivity contribution in [1.29, 1.82) is 5.26 Å². The maximum Gasteiger partial charge on any atom is 0.273 e. The van der Waals surface area contributed by atoms with E-state index in [1.807, 2.05) is 44.2 Å². The van der Waals surface area contributed by atoms with E-state index in [1.165, 1.54) is 31.4 Å². The first kappa shape index (κ1) is 27.5. The van der Waals surface area contributed by atoms with E-state index in [4.69, 9.17) is 14.2 Å². The van der Waals surface area contributed by atoms with Crippen LogP contribution in [0.5, 0.6) is 17.2 Å². The number of carbonyl (C=O) groups is 1. The van der Waals surface area contributed by atoms with Crippen molar-refractivity contribution in [3.05, 3.63) is 90.5 Å².